The second kappa shape index (κ2) is 5.58. The molecule has 0 fully saturated rings. The highest BCUT2D eigenvalue weighted by Crippen LogP contribution is 2.32. The third-order valence-electron chi connectivity index (χ3n) is 3.32. The maximum Gasteiger partial charge on any atom is 0.181 e. The van der Waals surface area contributed by atoms with Gasteiger partial charge in [-0.3, -0.25) is 4.98 Å². The third kappa shape index (κ3) is 2.59. The number of hydrogen-bond donors (Lipinski definition) is 0. The molecule has 0 atom stereocenters. The summed E-state index contributed by atoms with van der Waals surface area (Å²) in [5, 5.41) is 2.82. The Bertz CT molecular complexity index is 787. The number of pyridine rings is 1. The van der Waals surface area contributed by atoms with Crippen LogP contribution in [0.5, 0.6) is 0 Å². The van der Waals surface area contributed by atoms with Crippen molar-refractivity contribution in [3.05, 3.63) is 52.4 Å². The van der Waals surface area contributed by atoms with Crippen LogP contribution in [-0.4, -0.2) is 15.0 Å². The van der Waals surface area contributed by atoms with Gasteiger partial charge in [-0.2, -0.15) is 0 Å². The normalized spacial score (nSPS) is 11.3. The van der Waals surface area contributed by atoms with E-state index in [1.165, 1.54) is 0 Å². The summed E-state index contributed by atoms with van der Waals surface area (Å²) < 4.78 is 0. The van der Waals surface area contributed by atoms with E-state index < -0.39 is 0 Å². The van der Waals surface area contributed by atoms with Crippen LogP contribution in [0, 0.1) is 0 Å². The summed E-state index contributed by atoms with van der Waals surface area (Å²) in [6.07, 6.45) is 1.74. The van der Waals surface area contributed by atoms with Crippen molar-refractivity contribution in [3.63, 3.8) is 0 Å². The van der Waals surface area contributed by atoms with Crippen LogP contribution < -0.4 is 0 Å². The maximum atomic E-state index is 6.27. The maximum absolute atomic E-state index is 6.27. The van der Waals surface area contributed by atoms with Crippen molar-refractivity contribution in [1.29, 1.82) is 0 Å². The van der Waals surface area contributed by atoms with E-state index in [-0.39, 0.29) is 5.92 Å². The first-order valence-electron chi connectivity index (χ1n) is 6.65. The second-order valence-electron chi connectivity index (χ2n) is 5.08. The number of rotatable bonds is 2. The molecule has 2 heterocycles. The Labute approximate surface area is 133 Å². The molecule has 0 saturated heterocycles. The van der Waals surface area contributed by atoms with Gasteiger partial charge in [0.25, 0.3) is 0 Å². The molecular formula is C16H13Cl2N3. The predicted molar refractivity (Wildman–Crippen MR) is 86.9 cm³/mol. The number of halogens is 2. The SMILES string of the molecule is CC(C)c1c(Cl)nc(-c2nccc3ccccc23)nc1Cl. The van der Waals surface area contributed by atoms with E-state index in [9.17, 15) is 0 Å². The third-order valence-corrected chi connectivity index (χ3v) is 3.89. The standard InChI is InChI=1S/C16H13Cl2N3/c1-9(2)12-14(17)20-16(21-15(12)18)13-11-6-4-3-5-10(11)7-8-19-13/h3-9H,1-2H3. The summed E-state index contributed by atoms with van der Waals surface area (Å²) in [6.45, 7) is 4.01. The molecule has 0 aliphatic carbocycles. The molecule has 3 aromatic rings. The van der Waals surface area contributed by atoms with Gasteiger partial charge in [-0.1, -0.05) is 61.3 Å². The highest BCUT2D eigenvalue weighted by Gasteiger charge is 2.17. The molecule has 0 N–H and O–H groups in total. The molecule has 5 heteroatoms. The van der Waals surface area contributed by atoms with Crippen molar-refractivity contribution >= 4 is 34.0 Å². The molecule has 3 rings (SSSR count). The van der Waals surface area contributed by atoms with Crippen LogP contribution in [0.4, 0.5) is 0 Å². The summed E-state index contributed by atoms with van der Waals surface area (Å²) in [7, 11) is 0. The van der Waals surface area contributed by atoms with Gasteiger partial charge in [0.15, 0.2) is 5.82 Å². The lowest BCUT2D eigenvalue weighted by Crippen LogP contribution is -2.00. The fourth-order valence-corrected chi connectivity index (χ4v) is 3.12. The molecule has 0 aliphatic heterocycles. The second-order valence-corrected chi connectivity index (χ2v) is 5.79. The Morgan fingerprint density at radius 1 is 0.952 bits per heavy atom. The Kier molecular flexibility index (Phi) is 3.79. The Balaban J connectivity index is 2.24. The van der Waals surface area contributed by atoms with Gasteiger partial charge in [-0.15, -0.1) is 0 Å². The summed E-state index contributed by atoms with van der Waals surface area (Å²) in [5.74, 6) is 0.616. The molecule has 3 nitrogen and oxygen atoms in total. The first-order chi connectivity index (χ1) is 10.1. The number of nitrogens with zero attached hydrogens (tertiary/aromatic N) is 3. The Morgan fingerprint density at radius 2 is 1.62 bits per heavy atom. The fourth-order valence-electron chi connectivity index (χ4n) is 2.30. The van der Waals surface area contributed by atoms with Crippen molar-refractivity contribution < 1.29 is 0 Å². The minimum Gasteiger partial charge on any atom is -0.252 e. The van der Waals surface area contributed by atoms with Gasteiger partial charge in [-0.05, 0) is 17.4 Å². The lowest BCUT2D eigenvalue weighted by Gasteiger charge is -2.11. The number of aromatic nitrogens is 3. The number of hydrogen-bond acceptors (Lipinski definition) is 3. The molecule has 0 saturated carbocycles. The molecule has 106 valence electrons. The monoisotopic (exact) mass is 317 g/mol. The molecule has 2 aromatic heterocycles. The zero-order valence-electron chi connectivity index (χ0n) is 11.6. The first kappa shape index (κ1) is 14.2. The summed E-state index contributed by atoms with van der Waals surface area (Å²) in [4.78, 5) is 13.2. The summed E-state index contributed by atoms with van der Waals surface area (Å²) >= 11 is 12.5. The van der Waals surface area contributed by atoms with Gasteiger partial charge < -0.3 is 0 Å². The van der Waals surface area contributed by atoms with Crippen LogP contribution in [0.2, 0.25) is 10.3 Å². The fraction of sp³-hybridized carbons (Fsp3) is 0.188. The largest absolute Gasteiger partial charge is 0.252 e. The van der Waals surface area contributed by atoms with Gasteiger partial charge in [0.2, 0.25) is 0 Å². The minimum absolute atomic E-state index is 0.166. The van der Waals surface area contributed by atoms with Crippen molar-refractivity contribution in [3.8, 4) is 11.5 Å². The van der Waals surface area contributed by atoms with E-state index in [0.29, 0.717) is 21.8 Å². The zero-order chi connectivity index (χ0) is 15.0. The molecule has 0 spiro atoms. The van der Waals surface area contributed by atoms with Crippen LogP contribution in [0.3, 0.4) is 0 Å². The van der Waals surface area contributed by atoms with Crippen molar-refractivity contribution in [1.82, 2.24) is 15.0 Å². The molecule has 21 heavy (non-hydrogen) atoms. The van der Waals surface area contributed by atoms with Gasteiger partial charge in [0, 0.05) is 17.1 Å². The van der Waals surface area contributed by atoms with Crippen molar-refractivity contribution in [2.24, 2.45) is 0 Å². The quantitative estimate of drug-likeness (QED) is 0.615. The van der Waals surface area contributed by atoms with Crippen LogP contribution in [0.1, 0.15) is 25.3 Å². The molecule has 0 unspecified atom stereocenters. The van der Waals surface area contributed by atoms with E-state index in [0.717, 1.165) is 16.3 Å². The predicted octanol–water partition coefficient (Wildman–Crippen LogP) is 5.12. The first-order valence-corrected chi connectivity index (χ1v) is 7.40. The van der Waals surface area contributed by atoms with Gasteiger partial charge >= 0.3 is 0 Å². The molecule has 0 amide bonds. The Hall–Kier alpha value is -1.71. The average Bonchev–Trinajstić information content (AvgIpc) is 2.45. The molecule has 0 aliphatic rings. The van der Waals surface area contributed by atoms with E-state index >= 15 is 0 Å². The van der Waals surface area contributed by atoms with E-state index in [2.05, 4.69) is 15.0 Å². The molecule has 0 radical (unpaired) electrons. The zero-order valence-corrected chi connectivity index (χ0v) is 13.2. The molecular weight excluding hydrogens is 305 g/mol. The lowest BCUT2D eigenvalue weighted by molar-refractivity contribution is 0.847. The van der Waals surface area contributed by atoms with Crippen LogP contribution in [-0.2, 0) is 0 Å². The topological polar surface area (TPSA) is 38.7 Å². The highest BCUT2D eigenvalue weighted by molar-refractivity contribution is 6.34. The average molecular weight is 318 g/mol. The van der Waals surface area contributed by atoms with Gasteiger partial charge in [0.1, 0.15) is 16.0 Å². The van der Waals surface area contributed by atoms with Gasteiger partial charge in [0.05, 0.1) is 0 Å². The van der Waals surface area contributed by atoms with Crippen LogP contribution in [0.15, 0.2) is 36.5 Å². The van der Waals surface area contributed by atoms with Crippen molar-refractivity contribution in [2.75, 3.05) is 0 Å². The van der Waals surface area contributed by atoms with Crippen LogP contribution in [0.25, 0.3) is 22.3 Å². The number of benzene rings is 1. The molecule has 1 aromatic carbocycles. The summed E-state index contributed by atoms with van der Waals surface area (Å²) in [5.41, 5.74) is 1.45. The molecule has 0 bridgehead atoms. The van der Waals surface area contributed by atoms with Crippen LogP contribution >= 0.6 is 23.2 Å². The summed E-state index contributed by atoms with van der Waals surface area (Å²) in [6, 6.07) is 9.89. The van der Waals surface area contributed by atoms with E-state index in [1.54, 1.807) is 6.20 Å². The van der Waals surface area contributed by atoms with Crippen molar-refractivity contribution in [2.45, 2.75) is 19.8 Å². The Morgan fingerprint density at radius 3 is 2.29 bits per heavy atom. The van der Waals surface area contributed by atoms with Gasteiger partial charge in [-0.25, -0.2) is 9.97 Å². The smallest absolute Gasteiger partial charge is 0.181 e. The highest BCUT2D eigenvalue weighted by atomic mass is 35.5. The minimum atomic E-state index is 0.166. The van der Waals surface area contributed by atoms with E-state index in [1.807, 2.05) is 44.2 Å². The van der Waals surface area contributed by atoms with E-state index in [4.69, 9.17) is 23.2 Å². The lowest BCUT2D eigenvalue weighted by atomic mass is 10.1. The number of fused-ring (bicyclic) bond motifs is 1.